The van der Waals surface area contributed by atoms with Crippen LogP contribution in [0, 0.1) is 11.3 Å². The molecule has 1 atom stereocenters. The molecule has 2 heterocycles. The number of ether oxygens (including phenoxy) is 2. The first-order valence-corrected chi connectivity index (χ1v) is 8.56. The lowest BCUT2D eigenvalue weighted by Crippen LogP contribution is -2.25. The second kappa shape index (κ2) is 7.79. The van der Waals surface area contributed by atoms with Gasteiger partial charge in [0.2, 0.25) is 5.88 Å². The fraction of sp³-hybridized carbons (Fsp3) is 0.250. The molecule has 27 heavy (non-hydrogen) atoms. The number of rotatable bonds is 5. The van der Waals surface area contributed by atoms with E-state index in [2.05, 4.69) is 11.2 Å². The Labute approximate surface area is 157 Å². The molecule has 1 aromatic carbocycles. The minimum atomic E-state index is -0.639. The van der Waals surface area contributed by atoms with Crippen LogP contribution in [-0.4, -0.2) is 22.4 Å². The Morgan fingerprint density at radius 1 is 1.44 bits per heavy atom. The van der Waals surface area contributed by atoms with Crippen molar-refractivity contribution in [3.8, 4) is 6.07 Å². The van der Waals surface area contributed by atoms with Gasteiger partial charge < -0.3 is 15.2 Å². The molecule has 0 fully saturated rings. The number of hydrogen-bond donors (Lipinski definition) is 1. The van der Waals surface area contributed by atoms with Crippen molar-refractivity contribution in [2.45, 2.75) is 26.3 Å². The molecule has 0 saturated carbocycles. The van der Waals surface area contributed by atoms with Gasteiger partial charge in [-0.3, -0.25) is 4.68 Å². The van der Waals surface area contributed by atoms with Crippen LogP contribution in [0.1, 0.15) is 30.9 Å². The highest BCUT2D eigenvalue weighted by atomic mass is 16.5. The van der Waals surface area contributed by atoms with E-state index in [1.165, 1.54) is 0 Å². The lowest BCUT2D eigenvalue weighted by Gasteiger charge is -2.27. The van der Waals surface area contributed by atoms with E-state index in [4.69, 9.17) is 15.2 Å². The highest BCUT2D eigenvalue weighted by Gasteiger charge is 2.36. The maximum Gasteiger partial charge on any atom is 0.338 e. The van der Waals surface area contributed by atoms with E-state index in [1.807, 2.05) is 36.5 Å². The van der Waals surface area contributed by atoms with Gasteiger partial charge in [0.1, 0.15) is 17.4 Å². The molecule has 0 bridgehead atoms. The number of hydrogen-bond acceptors (Lipinski definition) is 6. The topological polar surface area (TPSA) is 103 Å². The monoisotopic (exact) mass is 364 g/mol. The molecule has 3 rings (SSSR count). The molecule has 1 aliphatic heterocycles. The predicted octanol–water partition coefficient (Wildman–Crippen LogP) is 2.58. The van der Waals surface area contributed by atoms with Crippen molar-refractivity contribution in [1.82, 2.24) is 9.78 Å². The van der Waals surface area contributed by atoms with Gasteiger partial charge >= 0.3 is 5.97 Å². The Morgan fingerprint density at radius 3 is 2.93 bits per heavy atom. The molecule has 138 valence electrons. The van der Waals surface area contributed by atoms with Crippen LogP contribution in [0.15, 0.2) is 65.5 Å². The van der Waals surface area contributed by atoms with Crippen molar-refractivity contribution in [3.63, 3.8) is 0 Å². The number of nitrogens with zero attached hydrogens (tertiary/aromatic N) is 3. The van der Waals surface area contributed by atoms with Gasteiger partial charge in [-0.15, -0.1) is 0 Å². The second-order valence-corrected chi connectivity index (χ2v) is 6.06. The molecule has 1 aromatic heterocycles. The minimum absolute atomic E-state index is 0.00512. The molecule has 0 aliphatic carbocycles. The van der Waals surface area contributed by atoms with E-state index < -0.39 is 11.9 Å². The molecule has 0 radical (unpaired) electrons. The largest absolute Gasteiger partial charge is 0.463 e. The summed E-state index contributed by atoms with van der Waals surface area (Å²) in [6, 6.07) is 11.6. The summed E-state index contributed by atoms with van der Waals surface area (Å²) < 4.78 is 12.4. The van der Waals surface area contributed by atoms with E-state index in [0.717, 1.165) is 11.1 Å². The third-order valence-electron chi connectivity index (χ3n) is 4.29. The molecule has 2 aromatic rings. The van der Waals surface area contributed by atoms with E-state index >= 15 is 0 Å². The van der Waals surface area contributed by atoms with Crippen molar-refractivity contribution in [1.29, 1.82) is 5.26 Å². The Kier molecular flexibility index (Phi) is 5.27. The zero-order chi connectivity index (χ0) is 19.4. The highest BCUT2D eigenvalue weighted by molar-refractivity contribution is 5.92. The van der Waals surface area contributed by atoms with Crippen molar-refractivity contribution in [2.75, 3.05) is 6.61 Å². The lowest BCUT2D eigenvalue weighted by atomic mass is 9.82. The van der Waals surface area contributed by atoms with E-state index in [9.17, 15) is 10.1 Å². The fourth-order valence-electron chi connectivity index (χ4n) is 3.14. The van der Waals surface area contributed by atoms with Crippen molar-refractivity contribution < 1.29 is 14.3 Å². The molecule has 0 spiro atoms. The van der Waals surface area contributed by atoms with Crippen LogP contribution in [0.25, 0.3) is 0 Å². The van der Waals surface area contributed by atoms with Gasteiger partial charge in [0.15, 0.2) is 0 Å². The summed E-state index contributed by atoms with van der Waals surface area (Å²) in [5, 5.41) is 13.8. The zero-order valence-corrected chi connectivity index (χ0v) is 15.2. The summed E-state index contributed by atoms with van der Waals surface area (Å²) in [7, 11) is 0. The third-order valence-corrected chi connectivity index (χ3v) is 4.29. The SMILES string of the molecule is CCOC(=O)C1=C(C)OC(N)=C(C#N)C1c1cccc(Cn2cccn2)c1. The van der Waals surface area contributed by atoms with Crippen LogP contribution in [0.4, 0.5) is 0 Å². The Hall–Kier alpha value is -3.53. The van der Waals surface area contributed by atoms with Gasteiger partial charge in [0.05, 0.1) is 24.6 Å². The Morgan fingerprint density at radius 2 is 2.26 bits per heavy atom. The highest BCUT2D eigenvalue weighted by Crippen LogP contribution is 2.39. The summed E-state index contributed by atoms with van der Waals surface area (Å²) in [6.45, 7) is 4.17. The second-order valence-electron chi connectivity index (χ2n) is 6.06. The molecular weight excluding hydrogens is 344 g/mol. The van der Waals surface area contributed by atoms with Gasteiger partial charge in [0.25, 0.3) is 0 Å². The minimum Gasteiger partial charge on any atom is -0.463 e. The number of esters is 1. The number of nitrogens with two attached hydrogens (primary N) is 1. The molecule has 0 amide bonds. The molecule has 0 saturated heterocycles. The molecule has 7 nitrogen and oxygen atoms in total. The standard InChI is InChI=1S/C20H20N4O3/c1-3-26-20(25)17-13(2)27-19(22)16(11-21)18(17)15-7-4-6-14(10-15)12-24-9-5-8-23-24/h4-10,18H,3,12,22H2,1-2H3. The molecule has 1 unspecified atom stereocenters. The first kappa shape index (κ1) is 18.3. The van der Waals surface area contributed by atoms with Gasteiger partial charge in [-0.2, -0.15) is 10.4 Å². The summed E-state index contributed by atoms with van der Waals surface area (Å²) >= 11 is 0. The summed E-state index contributed by atoms with van der Waals surface area (Å²) in [5.41, 5.74) is 8.17. The quantitative estimate of drug-likeness (QED) is 0.818. The van der Waals surface area contributed by atoms with E-state index in [1.54, 1.807) is 24.7 Å². The number of benzene rings is 1. The predicted molar refractivity (Wildman–Crippen MR) is 97.8 cm³/mol. The van der Waals surface area contributed by atoms with Crippen LogP contribution in [0.3, 0.4) is 0 Å². The normalized spacial score (nSPS) is 16.7. The maximum atomic E-state index is 12.6. The zero-order valence-electron chi connectivity index (χ0n) is 15.2. The van der Waals surface area contributed by atoms with Gasteiger partial charge in [-0.1, -0.05) is 24.3 Å². The van der Waals surface area contributed by atoms with Crippen LogP contribution in [-0.2, 0) is 20.8 Å². The first-order chi connectivity index (χ1) is 13.0. The average molecular weight is 364 g/mol. The van der Waals surface area contributed by atoms with Crippen molar-refractivity contribution in [2.24, 2.45) is 5.73 Å². The van der Waals surface area contributed by atoms with Gasteiger partial charge in [-0.25, -0.2) is 4.79 Å². The lowest BCUT2D eigenvalue weighted by molar-refractivity contribution is -0.139. The first-order valence-electron chi connectivity index (χ1n) is 8.56. The average Bonchev–Trinajstić information content (AvgIpc) is 3.14. The van der Waals surface area contributed by atoms with Crippen molar-refractivity contribution in [3.05, 3.63) is 76.6 Å². The van der Waals surface area contributed by atoms with Gasteiger partial charge in [0, 0.05) is 12.4 Å². The van der Waals surface area contributed by atoms with E-state index in [-0.39, 0.29) is 18.1 Å². The fourth-order valence-corrected chi connectivity index (χ4v) is 3.14. The van der Waals surface area contributed by atoms with Crippen LogP contribution < -0.4 is 5.73 Å². The maximum absolute atomic E-state index is 12.6. The van der Waals surface area contributed by atoms with Crippen LogP contribution in [0.2, 0.25) is 0 Å². The molecule has 1 aliphatic rings. The summed E-state index contributed by atoms with van der Waals surface area (Å²) in [4.78, 5) is 12.6. The molecule has 2 N–H and O–H groups in total. The number of nitriles is 1. The Bertz CT molecular complexity index is 952. The van der Waals surface area contributed by atoms with Crippen molar-refractivity contribution >= 4 is 5.97 Å². The smallest absolute Gasteiger partial charge is 0.338 e. The number of carbonyl (C=O) groups excluding carboxylic acids is 1. The van der Waals surface area contributed by atoms with E-state index in [0.29, 0.717) is 17.9 Å². The number of allylic oxidation sites excluding steroid dienone is 2. The summed E-state index contributed by atoms with van der Waals surface area (Å²) in [5.74, 6) is -0.809. The number of aromatic nitrogens is 2. The van der Waals surface area contributed by atoms with Crippen LogP contribution >= 0.6 is 0 Å². The number of carbonyl (C=O) groups is 1. The third kappa shape index (κ3) is 3.70. The molecular formula is C20H20N4O3. The van der Waals surface area contributed by atoms with Crippen LogP contribution in [0.5, 0.6) is 0 Å². The summed E-state index contributed by atoms with van der Waals surface area (Å²) in [6.07, 6.45) is 3.58. The molecule has 7 heteroatoms. The Balaban J connectivity index is 2.05. The van der Waals surface area contributed by atoms with Gasteiger partial charge in [-0.05, 0) is 31.0 Å².